The molecule has 8 heteroatoms. The summed E-state index contributed by atoms with van der Waals surface area (Å²) >= 11 is 1.54. The summed E-state index contributed by atoms with van der Waals surface area (Å²) in [6.45, 7) is 0.289. The summed E-state index contributed by atoms with van der Waals surface area (Å²) in [4.78, 5) is 14.5. The maximum atomic E-state index is 13.1. The minimum absolute atomic E-state index is 0.0242. The van der Waals surface area contributed by atoms with Crippen molar-refractivity contribution in [2.45, 2.75) is 9.79 Å². The maximum Gasteiger partial charge on any atom is 0.264 e. The molecule has 0 N–H and O–H groups in total. The van der Waals surface area contributed by atoms with Gasteiger partial charge in [0.05, 0.1) is 10.6 Å². The van der Waals surface area contributed by atoms with Gasteiger partial charge >= 0.3 is 0 Å². The van der Waals surface area contributed by atoms with Crippen LogP contribution in [0.5, 0.6) is 0 Å². The fourth-order valence-corrected chi connectivity index (χ4v) is 5.19. The van der Waals surface area contributed by atoms with Crippen molar-refractivity contribution in [1.82, 2.24) is 4.90 Å². The molecule has 0 unspecified atom stereocenters. The summed E-state index contributed by atoms with van der Waals surface area (Å²) in [5, 5.41) is 0. The van der Waals surface area contributed by atoms with E-state index in [2.05, 4.69) is 0 Å². The molecule has 0 saturated carbocycles. The minimum Gasteiger partial charge on any atom is -0.345 e. The predicted octanol–water partition coefficient (Wildman–Crippen LogP) is 2.83. The van der Waals surface area contributed by atoms with E-state index in [0.717, 1.165) is 17.0 Å². The lowest BCUT2D eigenvalue weighted by Gasteiger charge is -2.30. The average Bonchev–Trinajstić information content (AvgIpc) is 2.60. The van der Waals surface area contributed by atoms with Gasteiger partial charge in [0.1, 0.15) is 5.82 Å². The third-order valence-corrected chi connectivity index (χ3v) is 6.70. The second kappa shape index (κ2) is 6.68. The molecule has 0 atom stereocenters. The molecule has 2 aromatic carbocycles. The van der Waals surface area contributed by atoms with E-state index in [9.17, 15) is 17.6 Å². The number of halogens is 1. The normalized spacial score (nSPS) is 14.1. The van der Waals surface area contributed by atoms with Crippen molar-refractivity contribution in [2.24, 2.45) is 0 Å². The van der Waals surface area contributed by atoms with E-state index in [0.29, 0.717) is 17.0 Å². The number of benzene rings is 2. The highest BCUT2D eigenvalue weighted by Gasteiger charge is 2.30. The van der Waals surface area contributed by atoms with Crippen LogP contribution in [0.2, 0.25) is 0 Å². The molecule has 1 aliphatic rings. The molecule has 1 heterocycles. The number of anilines is 1. The van der Waals surface area contributed by atoms with Crippen molar-refractivity contribution in [3.05, 3.63) is 53.8 Å². The molecular weight excluding hydrogens is 363 g/mol. The van der Waals surface area contributed by atoms with Crippen molar-refractivity contribution in [3.8, 4) is 0 Å². The first kappa shape index (κ1) is 17.8. The Balaban J connectivity index is 2.07. The molecular formula is C17H17FN2O3S2. The van der Waals surface area contributed by atoms with E-state index < -0.39 is 15.8 Å². The van der Waals surface area contributed by atoms with Crippen LogP contribution < -0.4 is 4.31 Å². The van der Waals surface area contributed by atoms with Crippen LogP contribution in [-0.2, 0) is 10.0 Å². The van der Waals surface area contributed by atoms with Crippen LogP contribution in [0.25, 0.3) is 0 Å². The third-order valence-electron chi connectivity index (χ3n) is 3.83. The number of amides is 1. The van der Waals surface area contributed by atoms with E-state index in [-0.39, 0.29) is 17.3 Å². The number of carbonyl (C=O) groups is 1. The summed E-state index contributed by atoms with van der Waals surface area (Å²) in [7, 11) is -0.542. The number of hydrogen-bond acceptors (Lipinski definition) is 4. The molecule has 3 rings (SSSR count). The van der Waals surface area contributed by atoms with Gasteiger partial charge in [0, 0.05) is 36.9 Å². The number of thioether (sulfide) groups is 1. The molecule has 0 bridgehead atoms. The molecule has 0 radical (unpaired) electrons. The highest BCUT2D eigenvalue weighted by molar-refractivity contribution is 8.00. The van der Waals surface area contributed by atoms with Gasteiger partial charge in [-0.2, -0.15) is 0 Å². The van der Waals surface area contributed by atoms with Crippen LogP contribution >= 0.6 is 11.8 Å². The predicted molar refractivity (Wildman–Crippen MR) is 96.1 cm³/mol. The Kier molecular flexibility index (Phi) is 4.75. The molecule has 0 fully saturated rings. The van der Waals surface area contributed by atoms with Crippen molar-refractivity contribution in [2.75, 3.05) is 30.7 Å². The first-order valence-electron chi connectivity index (χ1n) is 7.57. The summed E-state index contributed by atoms with van der Waals surface area (Å²) in [6, 6.07) is 9.81. The van der Waals surface area contributed by atoms with Crippen LogP contribution in [0.1, 0.15) is 10.4 Å². The summed E-state index contributed by atoms with van der Waals surface area (Å²) < 4.78 is 40.4. The Hall–Kier alpha value is -2.06. The monoisotopic (exact) mass is 380 g/mol. The topological polar surface area (TPSA) is 57.7 Å². The lowest BCUT2D eigenvalue weighted by atomic mass is 10.1. The molecule has 0 saturated heterocycles. The van der Waals surface area contributed by atoms with Crippen LogP contribution in [0.3, 0.4) is 0 Å². The smallest absolute Gasteiger partial charge is 0.264 e. The molecule has 132 valence electrons. The van der Waals surface area contributed by atoms with Gasteiger partial charge in [-0.3, -0.25) is 9.10 Å². The second-order valence-corrected chi connectivity index (χ2v) is 8.76. The van der Waals surface area contributed by atoms with Gasteiger partial charge in [0.15, 0.2) is 0 Å². The summed E-state index contributed by atoms with van der Waals surface area (Å²) in [6.07, 6.45) is 0. The van der Waals surface area contributed by atoms with Crippen LogP contribution in [0.4, 0.5) is 10.1 Å². The van der Waals surface area contributed by atoms with Crippen LogP contribution in [0.15, 0.2) is 52.3 Å². The van der Waals surface area contributed by atoms with E-state index in [1.54, 1.807) is 44.1 Å². The molecule has 0 aliphatic carbocycles. The molecule has 1 amide bonds. The Morgan fingerprint density at radius 2 is 1.84 bits per heavy atom. The molecule has 1 aliphatic heterocycles. The fourth-order valence-electron chi connectivity index (χ4n) is 2.57. The van der Waals surface area contributed by atoms with E-state index >= 15 is 0 Å². The SMILES string of the molecule is CN(C)C(=O)c1ccc2c(c1)N(S(=O)(=O)c1ccc(F)cc1)CCS2. The number of sulfonamides is 1. The average molecular weight is 380 g/mol. The maximum absolute atomic E-state index is 13.1. The number of carbonyl (C=O) groups excluding carboxylic acids is 1. The highest BCUT2D eigenvalue weighted by atomic mass is 32.2. The number of rotatable bonds is 3. The first-order chi connectivity index (χ1) is 11.8. The zero-order chi connectivity index (χ0) is 18.2. The summed E-state index contributed by atoms with van der Waals surface area (Å²) in [5.41, 5.74) is 0.902. The van der Waals surface area contributed by atoms with Crippen molar-refractivity contribution in [3.63, 3.8) is 0 Å². The van der Waals surface area contributed by atoms with Gasteiger partial charge in [0.2, 0.25) is 0 Å². The van der Waals surface area contributed by atoms with Crippen LogP contribution in [-0.4, -0.2) is 45.6 Å². The highest BCUT2D eigenvalue weighted by Crippen LogP contribution is 2.38. The zero-order valence-corrected chi connectivity index (χ0v) is 15.4. The van der Waals surface area contributed by atoms with Gasteiger partial charge in [-0.05, 0) is 42.5 Å². The third kappa shape index (κ3) is 3.36. The lowest BCUT2D eigenvalue weighted by Crippen LogP contribution is -2.35. The molecule has 2 aromatic rings. The van der Waals surface area contributed by atoms with Crippen molar-refractivity contribution in [1.29, 1.82) is 0 Å². The van der Waals surface area contributed by atoms with Gasteiger partial charge < -0.3 is 4.90 Å². The van der Waals surface area contributed by atoms with E-state index in [1.165, 1.54) is 21.3 Å². The Morgan fingerprint density at radius 3 is 2.48 bits per heavy atom. The number of nitrogens with zero attached hydrogens (tertiary/aromatic N) is 2. The Bertz CT molecular complexity index is 912. The quantitative estimate of drug-likeness (QED) is 0.822. The first-order valence-corrected chi connectivity index (χ1v) is 10.00. The van der Waals surface area contributed by atoms with Gasteiger partial charge in [-0.15, -0.1) is 11.8 Å². The molecule has 25 heavy (non-hydrogen) atoms. The molecule has 0 spiro atoms. The van der Waals surface area contributed by atoms with Gasteiger partial charge in [-0.25, -0.2) is 12.8 Å². The fraction of sp³-hybridized carbons (Fsp3) is 0.235. The van der Waals surface area contributed by atoms with Gasteiger partial charge in [-0.1, -0.05) is 0 Å². The second-order valence-electron chi connectivity index (χ2n) is 5.76. The number of fused-ring (bicyclic) bond motifs is 1. The van der Waals surface area contributed by atoms with E-state index in [1.807, 2.05) is 0 Å². The standard InChI is InChI=1S/C17H17FN2O3S2/c1-19(2)17(21)12-3-8-16-15(11-12)20(9-10-24-16)25(22,23)14-6-4-13(18)5-7-14/h3-8,11H,9-10H2,1-2H3. The van der Waals surface area contributed by atoms with Gasteiger partial charge in [0.25, 0.3) is 15.9 Å². The summed E-state index contributed by atoms with van der Waals surface area (Å²) in [5.74, 6) is -0.0843. The minimum atomic E-state index is -3.83. The van der Waals surface area contributed by atoms with Crippen molar-refractivity contribution >= 4 is 33.4 Å². The number of hydrogen-bond donors (Lipinski definition) is 0. The molecule has 0 aromatic heterocycles. The Morgan fingerprint density at radius 1 is 1.16 bits per heavy atom. The Labute approximate surface area is 150 Å². The largest absolute Gasteiger partial charge is 0.345 e. The van der Waals surface area contributed by atoms with E-state index in [4.69, 9.17) is 0 Å². The zero-order valence-electron chi connectivity index (χ0n) is 13.8. The molecule has 5 nitrogen and oxygen atoms in total. The van der Waals surface area contributed by atoms with Crippen molar-refractivity contribution < 1.29 is 17.6 Å². The lowest BCUT2D eigenvalue weighted by molar-refractivity contribution is 0.0827. The van der Waals surface area contributed by atoms with Crippen LogP contribution in [0, 0.1) is 5.82 Å².